The fraction of sp³-hybridized carbons (Fsp3) is 0.727. The predicted molar refractivity (Wildman–Crippen MR) is 62.1 cm³/mol. The maximum absolute atomic E-state index is 6.00. The average Bonchev–Trinajstić information content (AvgIpc) is 2.77. The number of nitrogen functional groups attached to an aromatic ring is 2. The molecule has 1 saturated carbocycles. The Morgan fingerprint density at radius 2 is 1.93 bits per heavy atom. The van der Waals surface area contributed by atoms with Crippen molar-refractivity contribution in [2.75, 3.05) is 11.6 Å². The molecular formula is C11H20N4. The maximum atomic E-state index is 6.00. The molecule has 15 heavy (non-hydrogen) atoms. The van der Waals surface area contributed by atoms with Crippen LogP contribution in [0.3, 0.4) is 0 Å². The molecule has 2 rings (SSSR count). The number of hydrogen-bond acceptors (Lipinski definition) is 3. The Morgan fingerprint density at radius 1 is 1.33 bits per heavy atom. The molecule has 0 amide bonds. The van der Waals surface area contributed by atoms with Gasteiger partial charge in [0.2, 0.25) is 0 Å². The zero-order valence-electron chi connectivity index (χ0n) is 9.53. The summed E-state index contributed by atoms with van der Waals surface area (Å²) in [5.74, 6) is 8.32. The van der Waals surface area contributed by atoms with E-state index in [9.17, 15) is 0 Å². The third kappa shape index (κ3) is 1.68. The lowest BCUT2D eigenvalue weighted by Gasteiger charge is -2.06. The summed E-state index contributed by atoms with van der Waals surface area (Å²) in [4.78, 5) is 4.60. The molecule has 0 aliphatic heterocycles. The van der Waals surface area contributed by atoms with Crippen molar-refractivity contribution in [1.29, 1.82) is 0 Å². The number of nitrogens with two attached hydrogens (primary N) is 2. The van der Waals surface area contributed by atoms with Gasteiger partial charge in [-0.15, -0.1) is 0 Å². The molecule has 1 heterocycles. The van der Waals surface area contributed by atoms with Gasteiger partial charge in [0.05, 0.1) is 5.69 Å². The highest BCUT2D eigenvalue weighted by Gasteiger charge is 2.25. The topological polar surface area (TPSA) is 69.9 Å². The molecule has 4 nitrogen and oxygen atoms in total. The molecule has 0 atom stereocenters. The van der Waals surface area contributed by atoms with Crippen molar-refractivity contribution < 1.29 is 0 Å². The monoisotopic (exact) mass is 208 g/mol. The van der Waals surface area contributed by atoms with E-state index < -0.39 is 0 Å². The molecule has 1 fully saturated rings. The lowest BCUT2D eigenvalue weighted by molar-refractivity contribution is 0.692. The highest BCUT2D eigenvalue weighted by atomic mass is 15.4. The summed E-state index contributed by atoms with van der Waals surface area (Å²) in [6.45, 7) is 4.17. The van der Waals surface area contributed by atoms with Crippen LogP contribution < -0.4 is 11.6 Å². The van der Waals surface area contributed by atoms with E-state index in [2.05, 4.69) is 18.8 Å². The molecule has 1 aliphatic rings. The van der Waals surface area contributed by atoms with Crippen molar-refractivity contribution in [3.8, 4) is 0 Å². The third-order valence-electron chi connectivity index (χ3n) is 3.26. The number of anilines is 1. The summed E-state index contributed by atoms with van der Waals surface area (Å²) in [5.41, 5.74) is 7.02. The summed E-state index contributed by atoms with van der Waals surface area (Å²) < 4.78 is 1.55. The van der Waals surface area contributed by atoms with Crippen molar-refractivity contribution in [3.63, 3.8) is 0 Å². The van der Waals surface area contributed by atoms with Gasteiger partial charge in [-0.25, -0.2) is 9.66 Å². The minimum absolute atomic E-state index is 0.326. The van der Waals surface area contributed by atoms with Crippen LogP contribution in [-0.2, 0) is 0 Å². The Hall–Kier alpha value is -1.19. The highest BCUT2D eigenvalue weighted by molar-refractivity contribution is 5.41. The first-order chi connectivity index (χ1) is 7.11. The van der Waals surface area contributed by atoms with Crippen molar-refractivity contribution >= 4 is 5.82 Å². The van der Waals surface area contributed by atoms with Gasteiger partial charge in [0, 0.05) is 11.8 Å². The van der Waals surface area contributed by atoms with E-state index in [1.807, 2.05) is 0 Å². The molecule has 4 N–H and O–H groups in total. The Balaban J connectivity index is 2.35. The van der Waals surface area contributed by atoms with Gasteiger partial charge in [-0.05, 0) is 12.8 Å². The summed E-state index contributed by atoms with van der Waals surface area (Å²) in [7, 11) is 0. The van der Waals surface area contributed by atoms with E-state index in [1.54, 1.807) is 4.68 Å². The van der Waals surface area contributed by atoms with Gasteiger partial charge in [0.1, 0.15) is 11.6 Å². The Labute approximate surface area is 90.6 Å². The molecule has 0 bridgehead atoms. The number of aromatic nitrogens is 2. The summed E-state index contributed by atoms with van der Waals surface area (Å²) in [5, 5.41) is 0. The number of imidazole rings is 1. The van der Waals surface area contributed by atoms with Gasteiger partial charge < -0.3 is 11.6 Å². The van der Waals surface area contributed by atoms with Gasteiger partial charge in [-0.1, -0.05) is 26.7 Å². The fourth-order valence-electron chi connectivity index (χ4n) is 2.39. The van der Waals surface area contributed by atoms with Crippen molar-refractivity contribution in [2.24, 2.45) is 0 Å². The lowest BCUT2D eigenvalue weighted by Crippen LogP contribution is -2.16. The van der Waals surface area contributed by atoms with Crippen LogP contribution in [0.25, 0.3) is 0 Å². The van der Waals surface area contributed by atoms with Crippen LogP contribution in [0.15, 0.2) is 0 Å². The van der Waals surface area contributed by atoms with Crippen molar-refractivity contribution in [1.82, 2.24) is 9.66 Å². The molecule has 1 aromatic rings. The molecule has 4 heteroatoms. The quantitative estimate of drug-likeness (QED) is 0.730. The third-order valence-corrected chi connectivity index (χ3v) is 3.26. The molecule has 1 aromatic heterocycles. The van der Waals surface area contributed by atoms with E-state index in [-0.39, 0.29) is 0 Å². The minimum Gasteiger partial charge on any atom is -0.382 e. The summed E-state index contributed by atoms with van der Waals surface area (Å²) in [6.07, 6.45) is 4.99. The maximum Gasteiger partial charge on any atom is 0.146 e. The van der Waals surface area contributed by atoms with Crippen LogP contribution in [0.1, 0.15) is 62.9 Å². The van der Waals surface area contributed by atoms with Gasteiger partial charge in [-0.3, -0.25) is 0 Å². The number of rotatable bonds is 2. The van der Waals surface area contributed by atoms with Crippen molar-refractivity contribution in [2.45, 2.75) is 51.4 Å². The molecule has 0 spiro atoms. The zero-order valence-corrected chi connectivity index (χ0v) is 9.53. The van der Waals surface area contributed by atoms with E-state index in [4.69, 9.17) is 11.6 Å². The normalized spacial score (nSPS) is 17.8. The van der Waals surface area contributed by atoms with Crippen LogP contribution >= 0.6 is 0 Å². The highest BCUT2D eigenvalue weighted by Crippen LogP contribution is 2.36. The Kier molecular flexibility index (Phi) is 2.59. The molecule has 84 valence electrons. The number of nitrogens with zero attached hydrogens (tertiary/aromatic N) is 2. The second-order valence-corrected chi connectivity index (χ2v) is 4.75. The van der Waals surface area contributed by atoms with E-state index in [0.29, 0.717) is 17.7 Å². The second kappa shape index (κ2) is 3.76. The largest absolute Gasteiger partial charge is 0.382 e. The van der Waals surface area contributed by atoms with Gasteiger partial charge in [-0.2, -0.15) is 0 Å². The fourth-order valence-corrected chi connectivity index (χ4v) is 2.39. The summed E-state index contributed by atoms with van der Waals surface area (Å²) >= 11 is 0. The first-order valence-electron chi connectivity index (χ1n) is 5.74. The summed E-state index contributed by atoms with van der Waals surface area (Å²) in [6, 6.07) is 0. The minimum atomic E-state index is 0.326. The van der Waals surface area contributed by atoms with E-state index in [1.165, 1.54) is 25.7 Å². The van der Waals surface area contributed by atoms with Crippen LogP contribution in [0, 0.1) is 0 Å². The van der Waals surface area contributed by atoms with Crippen LogP contribution in [0.4, 0.5) is 5.82 Å². The molecule has 0 unspecified atom stereocenters. The van der Waals surface area contributed by atoms with Crippen LogP contribution in [0.2, 0.25) is 0 Å². The predicted octanol–water partition coefficient (Wildman–Crippen LogP) is 1.96. The average molecular weight is 208 g/mol. The van der Waals surface area contributed by atoms with Crippen molar-refractivity contribution in [3.05, 3.63) is 11.5 Å². The molecule has 0 saturated heterocycles. The zero-order chi connectivity index (χ0) is 11.0. The van der Waals surface area contributed by atoms with E-state index in [0.717, 1.165) is 11.5 Å². The van der Waals surface area contributed by atoms with Crippen LogP contribution in [0.5, 0.6) is 0 Å². The van der Waals surface area contributed by atoms with Gasteiger partial charge in [0.15, 0.2) is 0 Å². The second-order valence-electron chi connectivity index (χ2n) is 4.75. The molecule has 0 radical (unpaired) electrons. The number of hydrogen-bond donors (Lipinski definition) is 2. The first-order valence-corrected chi connectivity index (χ1v) is 5.74. The van der Waals surface area contributed by atoms with Gasteiger partial charge >= 0.3 is 0 Å². The molecular weight excluding hydrogens is 188 g/mol. The SMILES string of the molecule is CC(C)c1nc(C2CCCC2)c(N)n1N. The Morgan fingerprint density at radius 3 is 2.40 bits per heavy atom. The van der Waals surface area contributed by atoms with E-state index >= 15 is 0 Å². The smallest absolute Gasteiger partial charge is 0.146 e. The van der Waals surface area contributed by atoms with Crippen LogP contribution in [-0.4, -0.2) is 9.66 Å². The standard InChI is InChI=1S/C11H20N4/c1-7(2)11-14-9(10(12)15(11)13)8-5-3-4-6-8/h7-8H,3-6,12-13H2,1-2H3. The van der Waals surface area contributed by atoms with Gasteiger partial charge in [0.25, 0.3) is 0 Å². The Bertz CT molecular complexity index is 348. The molecule has 1 aliphatic carbocycles. The first kappa shape index (κ1) is 10.3. The molecule has 0 aromatic carbocycles. The lowest BCUT2D eigenvalue weighted by atomic mass is 10.0.